The molecule has 16 heavy (non-hydrogen) atoms. The van der Waals surface area contributed by atoms with E-state index < -0.39 is 5.82 Å². The Labute approximate surface area is 104 Å². The van der Waals surface area contributed by atoms with Crippen LogP contribution >= 0.6 is 27.5 Å². The van der Waals surface area contributed by atoms with Crippen molar-refractivity contribution in [3.8, 4) is 0 Å². The van der Waals surface area contributed by atoms with Gasteiger partial charge in [0.2, 0.25) is 0 Å². The molecule has 0 saturated heterocycles. The van der Waals surface area contributed by atoms with Crippen LogP contribution in [0.3, 0.4) is 0 Å². The largest absolute Gasteiger partial charge is 0.454 e. The number of fused-ring (bicyclic) bond motifs is 3. The molecule has 0 aliphatic carbocycles. The number of hydrogen-bond acceptors (Lipinski definition) is 1. The number of benzene rings is 2. The summed E-state index contributed by atoms with van der Waals surface area (Å²) < 4.78 is 19.4. The second kappa shape index (κ2) is 3.47. The molecule has 0 atom stereocenters. The third-order valence-corrected chi connectivity index (χ3v) is 3.42. The third-order valence-electron chi connectivity index (χ3n) is 2.51. The van der Waals surface area contributed by atoms with E-state index >= 15 is 0 Å². The molecule has 0 unspecified atom stereocenters. The second-order valence-corrected chi connectivity index (χ2v) is 4.69. The Hall–Kier alpha value is -1.06. The van der Waals surface area contributed by atoms with Crippen LogP contribution < -0.4 is 0 Å². The van der Waals surface area contributed by atoms with E-state index in [1.165, 1.54) is 0 Å². The first-order valence-electron chi connectivity index (χ1n) is 4.63. The molecular weight excluding hydrogens is 294 g/mol. The van der Waals surface area contributed by atoms with Gasteiger partial charge in [0.05, 0.1) is 4.47 Å². The summed E-state index contributed by atoms with van der Waals surface area (Å²) >= 11 is 9.04. The van der Waals surface area contributed by atoms with E-state index in [0.29, 0.717) is 15.6 Å². The third kappa shape index (κ3) is 1.28. The second-order valence-electron chi connectivity index (χ2n) is 3.46. The molecular formula is C12H5BrClFO. The minimum absolute atomic E-state index is 0.0144. The molecule has 0 aliphatic rings. The van der Waals surface area contributed by atoms with Gasteiger partial charge in [-0.2, -0.15) is 0 Å². The molecule has 4 heteroatoms. The quantitative estimate of drug-likeness (QED) is 0.524. The van der Waals surface area contributed by atoms with Gasteiger partial charge in [-0.3, -0.25) is 0 Å². The number of halogens is 3. The number of furan rings is 1. The zero-order valence-electron chi connectivity index (χ0n) is 7.93. The Morgan fingerprint density at radius 1 is 1.19 bits per heavy atom. The average molecular weight is 300 g/mol. The van der Waals surface area contributed by atoms with Crippen LogP contribution in [0.25, 0.3) is 21.9 Å². The summed E-state index contributed by atoms with van der Waals surface area (Å²) in [7, 11) is 0. The van der Waals surface area contributed by atoms with E-state index in [0.717, 1.165) is 10.8 Å². The van der Waals surface area contributed by atoms with Gasteiger partial charge < -0.3 is 4.42 Å². The monoisotopic (exact) mass is 298 g/mol. The first-order chi connectivity index (χ1) is 7.68. The van der Waals surface area contributed by atoms with Crippen molar-refractivity contribution in [2.45, 2.75) is 0 Å². The Morgan fingerprint density at radius 2 is 1.94 bits per heavy atom. The van der Waals surface area contributed by atoms with E-state index in [-0.39, 0.29) is 5.02 Å². The Morgan fingerprint density at radius 3 is 2.75 bits per heavy atom. The van der Waals surface area contributed by atoms with Crippen LogP contribution in [0.2, 0.25) is 5.02 Å². The lowest BCUT2D eigenvalue weighted by Gasteiger charge is -1.97. The van der Waals surface area contributed by atoms with Crippen LogP contribution in [0.4, 0.5) is 4.39 Å². The van der Waals surface area contributed by atoms with E-state index in [1.54, 1.807) is 6.07 Å². The van der Waals surface area contributed by atoms with Crippen LogP contribution in [0.1, 0.15) is 0 Å². The first kappa shape index (κ1) is 10.1. The summed E-state index contributed by atoms with van der Waals surface area (Å²) in [5.41, 5.74) is 1.10. The molecule has 0 radical (unpaired) electrons. The maximum absolute atomic E-state index is 13.6. The van der Waals surface area contributed by atoms with Crippen molar-refractivity contribution in [3.63, 3.8) is 0 Å². The normalized spacial score (nSPS) is 11.4. The van der Waals surface area contributed by atoms with Gasteiger partial charge in [-0.05, 0) is 28.1 Å². The number of rotatable bonds is 0. The fraction of sp³-hybridized carbons (Fsp3) is 0. The average Bonchev–Trinajstić information content (AvgIpc) is 2.65. The summed E-state index contributed by atoms with van der Waals surface area (Å²) in [4.78, 5) is 0. The lowest BCUT2D eigenvalue weighted by Crippen LogP contribution is -1.79. The smallest absolute Gasteiger partial charge is 0.159 e. The lowest BCUT2D eigenvalue weighted by atomic mass is 10.1. The Balaban J connectivity index is 2.60. The number of para-hydroxylation sites is 1. The molecule has 0 aliphatic heterocycles. The molecule has 0 amide bonds. The zero-order chi connectivity index (χ0) is 11.3. The molecule has 0 spiro atoms. The highest BCUT2D eigenvalue weighted by Crippen LogP contribution is 2.37. The lowest BCUT2D eigenvalue weighted by molar-refractivity contribution is 0.613. The SMILES string of the molecule is Fc1c(Br)cc2c(oc3ccccc32)c1Cl. The van der Waals surface area contributed by atoms with Gasteiger partial charge in [0, 0.05) is 10.8 Å². The highest BCUT2D eigenvalue weighted by atomic mass is 79.9. The fourth-order valence-electron chi connectivity index (χ4n) is 1.77. The first-order valence-corrected chi connectivity index (χ1v) is 5.80. The highest BCUT2D eigenvalue weighted by Gasteiger charge is 2.15. The molecule has 3 rings (SSSR count). The Kier molecular flexibility index (Phi) is 2.19. The molecule has 0 fully saturated rings. The predicted octanol–water partition coefficient (Wildman–Crippen LogP) is 5.14. The van der Waals surface area contributed by atoms with E-state index in [1.807, 2.05) is 24.3 Å². The molecule has 1 nitrogen and oxygen atoms in total. The van der Waals surface area contributed by atoms with Crippen LogP contribution in [0, 0.1) is 5.82 Å². The van der Waals surface area contributed by atoms with Crippen LogP contribution in [0.15, 0.2) is 39.2 Å². The van der Waals surface area contributed by atoms with Gasteiger partial charge in [0.25, 0.3) is 0 Å². The van der Waals surface area contributed by atoms with Crippen molar-refractivity contribution in [2.75, 3.05) is 0 Å². The van der Waals surface area contributed by atoms with E-state index in [4.69, 9.17) is 16.0 Å². The topological polar surface area (TPSA) is 13.1 Å². The Bertz CT molecular complexity index is 705. The molecule has 1 heterocycles. The molecule has 2 aromatic carbocycles. The summed E-state index contributed by atoms with van der Waals surface area (Å²) in [5, 5.41) is 1.76. The summed E-state index contributed by atoms with van der Waals surface area (Å²) in [6.07, 6.45) is 0. The van der Waals surface area contributed by atoms with E-state index in [9.17, 15) is 4.39 Å². The highest BCUT2D eigenvalue weighted by molar-refractivity contribution is 9.10. The minimum atomic E-state index is -0.492. The van der Waals surface area contributed by atoms with E-state index in [2.05, 4.69) is 15.9 Å². The van der Waals surface area contributed by atoms with Crippen LogP contribution in [0.5, 0.6) is 0 Å². The molecule has 80 valence electrons. The van der Waals surface area contributed by atoms with Crippen molar-refractivity contribution in [3.05, 3.63) is 45.6 Å². The zero-order valence-corrected chi connectivity index (χ0v) is 10.3. The fourth-order valence-corrected chi connectivity index (χ4v) is 2.55. The molecule has 0 saturated carbocycles. The van der Waals surface area contributed by atoms with Crippen LogP contribution in [-0.2, 0) is 0 Å². The molecule has 1 aromatic heterocycles. The van der Waals surface area contributed by atoms with Gasteiger partial charge in [-0.1, -0.05) is 29.8 Å². The standard InChI is InChI=1S/C12H5BrClFO/c13-8-5-7-6-3-1-2-4-9(6)16-12(7)10(14)11(8)15/h1-5H. The molecule has 0 bridgehead atoms. The van der Waals surface area contributed by atoms with Gasteiger partial charge in [0.1, 0.15) is 10.6 Å². The maximum atomic E-state index is 13.6. The summed E-state index contributed by atoms with van der Waals surface area (Å²) in [6.45, 7) is 0. The molecule has 0 N–H and O–H groups in total. The minimum Gasteiger partial charge on any atom is -0.454 e. The van der Waals surface area contributed by atoms with Gasteiger partial charge >= 0.3 is 0 Å². The predicted molar refractivity (Wildman–Crippen MR) is 66.4 cm³/mol. The molecule has 3 aromatic rings. The van der Waals surface area contributed by atoms with Crippen molar-refractivity contribution < 1.29 is 8.81 Å². The summed E-state index contributed by atoms with van der Waals surface area (Å²) in [6, 6.07) is 9.20. The maximum Gasteiger partial charge on any atom is 0.159 e. The van der Waals surface area contributed by atoms with Crippen molar-refractivity contribution in [2.24, 2.45) is 0 Å². The van der Waals surface area contributed by atoms with Crippen molar-refractivity contribution in [1.82, 2.24) is 0 Å². The van der Waals surface area contributed by atoms with Gasteiger partial charge in [0.15, 0.2) is 11.4 Å². The van der Waals surface area contributed by atoms with Crippen molar-refractivity contribution >= 4 is 49.5 Å². The van der Waals surface area contributed by atoms with Gasteiger partial charge in [-0.25, -0.2) is 4.39 Å². The number of hydrogen-bond donors (Lipinski definition) is 0. The van der Waals surface area contributed by atoms with Crippen LogP contribution in [-0.4, -0.2) is 0 Å². The summed E-state index contributed by atoms with van der Waals surface area (Å²) in [5.74, 6) is -0.492. The van der Waals surface area contributed by atoms with Crippen molar-refractivity contribution in [1.29, 1.82) is 0 Å². The van der Waals surface area contributed by atoms with Gasteiger partial charge in [-0.15, -0.1) is 0 Å².